The van der Waals surface area contributed by atoms with Gasteiger partial charge in [-0.25, -0.2) is 0 Å². The third kappa shape index (κ3) is 4.15. The van der Waals surface area contributed by atoms with Gasteiger partial charge in [0, 0.05) is 21.8 Å². The lowest BCUT2D eigenvalue weighted by atomic mass is 10.0. The van der Waals surface area contributed by atoms with Crippen LogP contribution >= 0.6 is 43.2 Å². The smallest absolute Gasteiger partial charge is 0.0701 e. The fourth-order valence-electron chi connectivity index (χ4n) is 2.13. The van der Waals surface area contributed by atoms with Crippen LogP contribution in [0.4, 0.5) is 0 Å². The van der Waals surface area contributed by atoms with Crippen molar-refractivity contribution in [3.05, 3.63) is 54.6 Å². The lowest BCUT2D eigenvalue weighted by Crippen LogP contribution is -2.23. The number of likely N-dealkylation sites (N-methyl/N-ethyl adjacent to an activating group) is 1. The summed E-state index contributed by atoms with van der Waals surface area (Å²) in [5.74, 6) is 0. The fourth-order valence-corrected chi connectivity index (χ4v) is 4.18. The summed E-state index contributed by atoms with van der Waals surface area (Å²) >= 11 is 9.01. The zero-order valence-corrected chi connectivity index (χ0v) is 15.0. The first kappa shape index (κ1) is 15.2. The van der Waals surface area contributed by atoms with Gasteiger partial charge in [0.15, 0.2) is 0 Å². The summed E-state index contributed by atoms with van der Waals surface area (Å²) in [6.07, 6.45) is 1.02. The maximum atomic E-state index is 3.67. The number of benzene rings is 1. The molecule has 1 heterocycles. The molecule has 0 saturated heterocycles. The molecule has 19 heavy (non-hydrogen) atoms. The summed E-state index contributed by atoms with van der Waals surface area (Å²) in [6.45, 7) is 5.26. The average Bonchev–Trinajstić information content (AvgIpc) is 2.77. The first-order valence-electron chi connectivity index (χ1n) is 6.33. The Morgan fingerprint density at radius 1 is 1.21 bits per heavy atom. The normalized spacial score (nSPS) is 12.6. The Morgan fingerprint density at radius 3 is 2.63 bits per heavy atom. The Morgan fingerprint density at radius 2 is 2.00 bits per heavy atom. The van der Waals surface area contributed by atoms with E-state index in [1.165, 1.54) is 24.3 Å². The Labute approximate surface area is 135 Å². The highest BCUT2D eigenvalue weighted by atomic mass is 79.9. The summed E-state index contributed by atoms with van der Waals surface area (Å²) in [6, 6.07) is 11.2. The lowest BCUT2D eigenvalue weighted by Gasteiger charge is -2.19. The molecule has 0 amide bonds. The summed E-state index contributed by atoms with van der Waals surface area (Å²) < 4.78 is 2.38. The Bertz CT molecular complexity index is 551. The quantitative estimate of drug-likeness (QED) is 0.698. The molecule has 0 aliphatic heterocycles. The van der Waals surface area contributed by atoms with Crippen molar-refractivity contribution in [1.82, 2.24) is 5.32 Å². The molecule has 0 aliphatic carbocycles. The molecule has 0 aliphatic rings. The maximum absolute atomic E-state index is 3.67. The van der Waals surface area contributed by atoms with Crippen molar-refractivity contribution >= 4 is 43.2 Å². The van der Waals surface area contributed by atoms with Crippen molar-refractivity contribution in [2.75, 3.05) is 6.54 Å². The summed E-state index contributed by atoms with van der Waals surface area (Å²) in [5, 5.41) is 3.59. The monoisotopic (exact) mass is 401 g/mol. The standard InChI is InChI=1S/C15H17Br2NS/c1-3-18-14(9-11-5-7-15(17)19-11)12-8-10(2)4-6-13(12)16/h4-8,14,18H,3,9H2,1-2H3. The van der Waals surface area contributed by atoms with Crippen molar-refractivity contribution in [3.63, 3.8) is 0 Å². The number of rotatable bonds is 5. The van der Waals surface area contributed by atoms with Crippen LogP contribution in [0.5, 0.6) is 0 Å². The van der Waals surface area contributed by atoms with E-state index < -0.39 is 0 Å². The molecule has 1 nitrogen and oxygen atoms in total. The van der Waals surface area contributed by atoms with Gasteiger partial charge < -0.3 is 5.32 Å². The molecular formula is C15H17Br2NS. The van der Waals surface area contributed by atoms with E-state index >= 15 is 0 Å². The maximum Gasteiger partial charge on any atom is 0.0701 e. The lowest BCUT2D eigenvalue weighted by molar-refractivity contribution is 0.551. The first-order chi connectivity index (χ1) is 9.10. The zero-order valence-electron chi connectivity index (χ0n) is 11.0. The van der Waals surface area contributed by atoms with Crippen LogP contribution in [-0.2, 0) is 6.42 Å². The molecule has 0 saturated carbocycles. The van der Waals surface area contributed by atoms with Gasteiger partial charge in [-0.05, 0) is 53.2 Å². The predicted octanol–water partition coefficient (Wildman–Crippen LogP) is 5.47. The van der Waals surface area contributed by atoms with Crippen LogP contribution in [-0.4, -0.2) is 6.54 Å². The summed E-state index contributed by atoms with van der Waals surface area (Å²) in [4.78, 5) is 1.39. The van der Waals surface area contributed by atoms with Crippen LogP contribution in [0.1, 0.15) is 29.0 Å². The van der Waals surface area contributed by atoms with E-state index in [0.717, 1.165) is 13.0 Å². The Balaban J connectivity index is 2.26. The van der Waals surface area contributed by atoms with E-state index in [-0.39, 0.29) is 0 Å². The average molecular weight is 403 g/mol. The molecule has 4 heteroatoms. The van der Waals surface area contributed by atoms with Crippen LogP contribution in [0.15, 0.2) is 38.6 Å². The number of nitrogens with one attached hydrogen (secondary N) is 1. The molecule has 2 rings (SSSR count). The second-order valence-corrected chi connectivity index (χ2v) is 7.95. The molecule has 102 valence electrons. The third-order valence-corrected chi connectivity index (χ3v) is 5.38. The van der Waals surface area contributed by atoms with Gasteiger partial charge in [-0.15, -0.1) is 11.3 Å². The molecule has 1 N–H and O–H groups in total. The van der Waals surface area contributed by atoms with Crippen LogP contribution in [0, 0.1) is 6.92 Å². The Hall–Kier alpha value is -0.160. The fraction of sp³-hybridized carbons (Fsp3) is 0.333. The van der Waals surface area contributed by atoms with E-state index in [1.807, 2.05) is 11.3 Å². The molecule has 1 unspecified atom stereocenters. The van der Waals surface area contributed by atoms with Gasteiger partial charge in [-0.1, -0.05) is 40.5 Å². The number of thiophene rings is 1. The highest BCUT2D eigenvalue weighted by Gasteiger charge is 2.15. The van der Waals surface area contributed by atoms with Crippen LogP contribution < -0.4 is 5.32 Å². The largest absolute Gasteiger partial charge is 0.310 e. The van der Waals surface area contributed by atoms with Crippen molar-refractivity contribution < 1.29 is 0 Å². The molecule has 1 aromatic carbocycles. The van der Waals surface area contributed by atoms with Crippen molar-refractivity contribution in [3.8, 4) is 0 Å². The molecule has 0 fully saturated rings. The van der Waals surface area contributed by atoms with Gasteiger partial charge in [0.2, 0.25) is 0 Å². The van der Waals surface area contributed by atoms with Crippen LogP contribution in [0.2, 0.25) is 0 Å². The van der Waals surface area contributed by atoms with Gasteiger partial charge in [-0.3, -0.25) is 0 Å². The van der Waals surface area contributed by atoms with E-state index in [2.05, 4.69) is 81.4 Å². The van der Waals surface area contributed by atoms with Crippen molar-refractivity contribution in [1.29, 1.82) is 0 Å². The third-order valence-electron chi connectivity index (χ3n) is 3.01. The van der Waals surface area contributed by atoms with E-state index in [4.69, 9.17) is 0 Å². The minimum atomic E-state index is 0.352. The highest BCUT2D eigenvalue weighted by Crippen LogP contribution is 2.30. The van der Waals surface area contributed by atoms with E-state index in [1.54, 1.807) is 0 Å². The predicted molar refractivity (Wildman–Crippen MR) is 91.0 cm³/mol. The first-order valence-corrected chi connectivity index (χ1v) is 8.74. The number of aryl methyl sites for hydroxylation is 1. The molecule has 0 radical (unpaired) electrons. The second-order valence-electron chi connectivity index (χ2n) is 4.55. The van der Waals surface area contributed by atoms with Gasteiger partial charge in [0.05, 0.1) is 3.79 Å². The van der Waals surface area contributed by atoms with E-state index in [0.29, 0.717) is 6.04 Å². The van der Waals surface area contributed by atoms with E-state index in [9.17, 15) is 0 Å². The second kappa shape index (κ2) is 7.02. The molecular weight excluding hydrogens is 386 g/mol. The SMILES string of the molecule is CCNC(Cc1ccc(Br)s1)c1cc(C)ccc1Br. The molecule has 2 aromatic rings. The Kier molecular flexibility index (Phi) is 5.63. The van der Waals surface area contributed by atoms with Gasteiger partial charge >= 0.3 is 0 Å². The molecule has 0 spiro atoms. The van der Waals surface area contributed by atoms with Crippen molar-refractivity contribution in [2.24, 2.45) is 0 Å². The number of halogens is 2. The number of hydrogen-bond donors (Lipinski definition) is 1. The number of hydrogen-bond acceptors (Lipinski definition) is 2. The van der Waals surface area contributed by atoms with Crippen LogP contribution in [0.25, 0.3) is 0 Å². The van der Waals surface area contributed by atoms with Gasteiger partial charge in [0.25, 0.3) is 0 Å². The molecule has 1 aromatic heterocycles. The minimum absolute atomic E-state index is 0.352. The minimum Gasteiger partial charge on any atom is -0.310 e. The van der Waals surface area contributed by atoms with Gasteiger partial charge in [0.1, 0.15) is 0 Å². The highest BCUT2D eigenvalue weighted by molar-refractivity contribution is 9.11. The van der Waals surface area contributed by atoms with Gasteiger partial charge in [-0.2, -0.15) is 0 Å². The topological polar surface area (TPSA) is 12.0 Å². The van der Waals surface area contributed by atoms with Crippen LogP contribution in [0.3, 0.4) is 0 Å². The summed E-state index contributed by atoms with van der Waals surface area (Å²) in [5.41, 5.74) is 2.64. The molecule has 0 bridgehead atoms. The zero-order chi connectivity index (χ0) is 13.8. The summed E-state index contributed by atoms with van der Waals surface area (Å²) in [7, 11) is 0. The molecule has 1 atom stereocenters. The van der Waals surface area contributed by atoms with Crippen molar-refractivity contribution in [2.45, 2.75) is 26.3 Å².